The molecule has 1 aromatic heterocycles. The summed E-state index contributed by atoms with van der Waals surface area (Å²) < 4.78 is 5.49. The van der Waals surface area contributed by atoms with Gasteiger partial charge >= 0.3 is 5.97 Å². The molecule has 6 nitrogen and oxygen atoms in total. The third-order valence-electron chi connectivity index (χ3n) is 4.88. The van der Waals surface area contributed by atoms with Gasteiger partial charge in [0.2, 0.25) is 0 Å². The molecule has 0 saturated heterocycles. The lowest BCUT2D eigenvalue weighted by molar-refractivity contribution is -0.152. The quantitative estimate of drug-likeness (QED) is 0.525. The van der Waals surface area contributed by atoms with Crippen LogP contribution in [0.4, 0.5) is 0 Å². The summed E-state index contributed by atoms with van der Waals surface area (Å²) in [5.41, 5.74) is 2.73. The molecule has 0 bridgehead atoms. The van der Waals surface area contributed by atoms with Crippen molar-refractivity contribution in [3.05, 3.63) is 70.4 Å². The van der Waals surface area contributed by atoms with Gasteiger partial charge in [0.15, 0.2) is 10.6 Å². The Hall–Kier alpha value is -3.19. The van der Waals surface area contributed by atoms with Gasteiger partial charge in [-0.15, -0.1) is 11.3 Å². The lowest BCUT2D eigenvalue weighted by Gasteiger charge is -2.21. The molecule has 0 aliphatic heterocycles. The number of benzene rings is 2. The normalized spacial score (nSPS) is 11.2. The van der Waals surface area contributed by atoms with Gasteiger partial charge in [-0.05, 0) is 56.0 Å². The van der Waals surface area contributed by atoms with E-state index in [1.807, 2.05) is 6.92 Å². The Morgan fingerprint density at radius 1 is 1.06 bits per heavy atom. The van der Waals surface area contributed by atoms with Crippen LogP contribution >= 0.6 is 11.3 Å². The van der Waals surface area contributed by atoms with E-state index in [0.717, 1.165) is 28.1 Å². The summed E-state index contributed by atoms with van der Waals surface area (Å²) in [6.07, 6.45) is 0.986. The van der Waals surface area contributed by atoms with Gasteiger partial charge in [0.05, 0.1) is 10.6 Å². The van der Waals surface area contributed by atoms with Crippen molar-refractivity contribution in [2.75, 3.05) is 0 Å². The first-order chi connectivity index (χ1) is 14.7. The van der Waals surface area contributed by atoms with Crippen LogP contribution < -0.4 is 10.1 Å². The highest BCUT2D eigenvalue weighted by Crippen LogP contribution is 2.30. The second-order valence-corrected chi connectivity index (χ2v) is 8.73. The van der Waals surface area contributed by atoms with Crippen molar-refractivity contribution < 1.29 is 19.4 Å². The van der Waals surface area contributed by atoms with Crippen LogP contribution in [-0.4, -0.2) is 27.6 Å². The predicted octanol–water partition coefficient (Wildman–Crippen LogP) is 4.85. The average molecular weight is 439 g/mol. The molecule has 3 aromatic rings. The van der Waals surface area contributed by atoms with Gasteiger partial charge in [0.1, 0.15) is 5.75 Å². The summed E-state index contributed by atoms with van der Waals surface area (Å²) in [5.74, 6) is -0.808. The number of carbonyl (C=O) groups excluding carboxylic acids is 1. The average Bonchev–Trinajstić information content (AvgIpc) is 3.14. The number of carbonyl (C=O) groups is 2. The fourth-order valence-electron chi connectivity index (χ4n) is 2.92. The molecular weight excluding hydrogens is 412 g/mol. The number of hydrogen-bond acceptors (Lipinski definition) is 5. The van der Waals surface area contributed by atoms with E-state index in [0.29, 0.717) is 17.3 Å². The van der Waals surface area contributed by atoms with Crippen molar-refractivity contribution in [2.24, 2.45) is 0 Å². The molecule has 2 N–H and O–H groups in total. The zero-order valence-corrected chi connectivity index (χ0v) is 18.9. The van der Waals surface area contributed by atoms with Crippen molar-refractivity contribution in [1.82, 2.24) is 10.3 Å². The van der Waals surface area contributed by atoms with Crippen LogP contribution in [0.1, 0.15) is 47.4 Å². The fourth-order valence-corrected chi connectivity index (χ4v) is 3.91. The Morgan fingerprint density at radius 2 is 1.68 bits per heavy atom. The van der Waals surface area contributed by atoms with E-state index >= 15 is 0 Å². The Labute approximate surface area is 185 Å². The van der Waals surface area contributed by atoms with Crippen molar-refractivity contribution in [2.45, 2.75) is 46.3 Å². The monoisotopic (exact) mass is 438 g/mol. The Balaban J connectivity index is 1.62. The highest BCUT2D eigenvalue weighted by Gasteiger charge is 2.29. The second-order valence-electron chi connectivity index (χ2n) is 7.73. The molecule has 0 spiro atoms. The number of carboxylic acids is 1. The maximum Gasteiger partial charge on any atom is 0.347 e. The Kier molecular flexibility index (Phi) is 6.75. The fraction of sp³-hybridized carbons (Fsp3) is 0.292. The number of ether oxygens (including phenoxy) is 1. The number of nitrogens with one attached hydrogen (secondary N) is 1. The molecule has 7 heteroatoms. The SMILES string of the molecule is CCc1ccc(-c2sc(C(=O)NCc3ccc(OC(C)(C)C(=O)O)cc3)nc2C)cc1. The topological polar surface area (TPSA) is 88.5 Å². The van der Waals surface area contributed by atoms with E-state index in [1.54, 1.807) is 24.3 Å². The van der Waals surface area contributed by atoms with Gasteiger partial charge < -0.3 is 15.2 Å². The van der Waals surface area contributed by atoms with Gasteiger partial charge in [0.25, 0.3) is 5.91 Å². The van der Waals surface area contributed by atoms with E-state index in [2.05, 4.69) is 41.5 Å². The lowest BCUT2D eigenvalue weighted by atomic mass is 10.1. The number of nitrogens with zero attached hydrogens (tertiary/aromatic N) is 1. The molecule has 1 heterocycles. The number of aryl methyl sites for hydroxylation is 2. The summed E-state index contributed by atoms with van der Waals surface area (Å²) in [5, 5.41) is 12.5. The van der Waals surface area contributed by atoms with Gasteiger partial charge in [0, 0.05) is 6.54 Å². The largest absolute Gasteiger partial charge is 0.478 e. The van der Waals surface area contributed by atoms with Crippen molar-refractivity contribution in [1.29, 1.82) is 0 Å². The summed E-state index contributed by atoms with van der Waals surface area (Å²) in [4.78, 5) is 29.2. The van der Waals surface area contributed by atoms with E-state index < -0.39 is 11.6 Å². The molecule has 0 saturated carbocycles. The molecule has 2 aromatic carbocycles. The van der Waals surface area contributed by atoms with E-state index in [9.17, 15) is 9.59 Å². The molecule has 0 aliphatic carbocycles. The number of hydrogen-bond donors (Lipinski definition) is 2. The standard InChI is InChI=1S/C24H26N2O4S/c1-5-16-6-10-18(11-7-16)20-15(2)26-22(31-20)21(27)25-14-17-8-12-19(13-9-17)30-24(3,4)23(28)29/h6-13H,5,14H2,1-4H3,(H,25,27)(H,28,29). The van der Waals surface area contributed by atoms with Crippen LogP contribution in [0.25, 0.3) is 10.4 Å². The van der Waals surface area contributed by atoms with Crippen molar-refractivity contribution >= 4 is 23.2 Å². The van der Waals surface area contributed by atoms with Gasteiger partial charge in [-0.1, -0.05) is 43.3 Å². The molecule has 1 amide bonds. The van der Waals surface area contributed by atoms with Crippen LogP contribution in [0.3, 0.4) is 0 Å². The van der Waals surface area contributed by atoms with Crippen LogP contribution in [0.5, 0.6) is 5.75 Å². The summed E-state index contributed by atoms with van der Waals surface area (Å²) >= 11 is 1.38. The van der Waals surface area contributed by atoms with Gasteiger partial charge in [-0.2, -0.15) is 0 Å². The zero-order chi connectivity index (χ0) is 22.6. The molecule has 0 unspecified atom stereocenters. The van der Waals surface area contributed by atoms with Crippen LogP contribution in [0.15, 0.2) is 48.5 Å². The number of aromatic nitrogens is 1. The molecule has 0 fully saturated rings. The van der Waals surface area contributed by atoms with Gasteiger partial charge in [-0.25, -0.2) is 9.78 Å². The van der Waals surface area contributed by atoms with Crippen molar-refractivity contribution in [3.8, 4) is 16.2 Å². The third kappa shape index (κ3) is 5.49. The number of rotatable bonds is 8. The molecule has 0 aliphatic rings. The number of amides is 1. The molecule has 0 radical (unpaired) electrons. The summed E-state index contributed by atoms with van der Waals surface area (Å²) in [6.45, 7) is 7.35. The van der Waals surface area contributed by atoms with Crippen LogP contribution in [-0.2, 0) is 17.8 Å². The minimum absolute atomic E-state index is 0.225. The molecule has 0 atom stereocenters. The molecule has 162 valence electrons. The van der Waals surface area contributed by atoms with Crippen molar-refractivity contribution in [3.63, 3.8) is 0 Å². The maximum atomic E-state index is 12.6. The maximum absolute atomic E-state index is 12.6. The van der Waals surface area contributed by atoms with Gasteiger partial charge in [-0.3, -0.25) is 4.79 Å². The highest BCUT2D eigenvalue weighted by molar-refractivity contribution is 7.17. The summed E-state index contributed by atoms with van der Waals surface area (Å²) in [6, 6.07) is 15.3. The predicted molar refractivity (Wildman–Crippen MR) is 122 cm³/mol. The Morgan fingerprint density at radius 3 is 2.26 bits per heavy atom. The van der Waals surface area contributed by atoms with E-state index in [-0.39, 0.29) is 5.91 Å². The van der Waals surface area contributed by atoms with E-state index in [4.69, 9.17) is 9.84 Å². The van der Waals surface area contributed by atoms with Crippen LogP contribution in [0, 0.1) is 6.92 Å². The number of aliphatic carboxylic acids is 1. The van der Waals surface area contributed by atoms with E-state index in [1.165, 1.54) is 30.7 Å². The minimum Gasteiger partial charge on any atom is -0.478 e. The Bertz CT molecular complexity index is 1070. The molecular formula is C24H26N2O4S. The first-order valence-electron chi connectivity index (χ1n) is 10.1. The third-order valence-corrected chi connectivity index (χ3v) is 6.08. The molecule has 3 rings (SSSR count). The van der Waals surface area contributed by atoms with Crippen LogP contribution in [0.2, 0.25) is 0 Å². The smallest absolute Gasteiger partial charge is 0.347 e. The first-order valence-corrected chi connectivity index (χ1v) is 10.9. The lowest BCUT2D eigenvalue weighted by Crippen LogP contribution is -2.37. The minimum atomic E-state index is -1.31. The number of carboxylic acid groups (broad SMARTS) is 1. The number of thiazole rings is 1. The summed E-state index contributed by atoms with van der Waals surface area (Å²) in [7, 11) is 0. The first kappa shape index (κ1) is 22.5. The highest BCUT2D eigenvalue weighted by atomic mass is 32.1. The second kappa shape index (κ2) is 9.31. The molecule has 31 heavy (non-hydrogen) atoms. The zero-order valence-electron chi connectivity index (χ0n) is 18.1.